The number of methoxy groups -OCH3 is 1. The summed E-state index contributed by atoms with van der Waals surface area (Å²) in [6.45, 7) is 2.17. The van der Waals surface area contributed by atoms with Gasteiger partial charge in [-0.15, -0.1) is 11.3 Å². The van der Waals surface area contributed by atoms with E-state index in [1.165, 1.54) is 24.0 Å². The summed E-state index contributed by atoms with van der Waals surface area (Å²) in [4.78, 5) is 25.4. The van der Waals surface area contributed by atoms with Crippen molar-refractivity contribution in [2.75, 3.05) is 7.11 Å². The minimum absolute atomic E-state index is 0.311. The van der Waals surface area contributed by atoms with Gasteiger partial charge in [0.05, 0.1) is 7.11 Å². The van der Waals surface area contributed by atoms with Crippen LogP contribution in [0.5, 0.6) is 0 Å². The van der Waals surface area contributed by atoms with Crippen molar-refractivity contribution in [2.45, 2.75) is 25.8 Å². The van der Waals surface area contributed by atoms with E-state index in [2.05, 4.69) is 36.5 Å². The number of benzene rings is 2. The zero-order chi connectivity index (χ0) is 19.9. The minimum atomic E-state index is -0.803. The van der Waals surface area contributed by atoms with Crippen LogP contribution in [0.4, 0.5) is 0 Å². The van der Waals surface area contributed by atoms with Gasteiger partial charge in [-0.05, 0) is 46.7 Å². The Balaban J connectivity index is 1.73. The summed E-state index contributed by atoms with van der Waals surface area (Å²) in [6.07, 6.45) is 2.20. The molecule has 0 aliphatic carbocycles. The SMILES string of the molecule is CCCc1ccc(-c2ccc(C(=O)NC(C(=O)OC)c3cccs3)cc2)cc1. The van der Waals surface area contributed by atoms with Gasteiger partial charge in [0.25, 0.3) is 5.91 Å². The zero-order valence-electron chi connectivity index (χ0n) is 16.0. The van der Waals surface area contributed by atoms with E-state index >= 15 is 0 Å². The fraction of sp³-hybridized carbons (Fsp3) is 0.217. The molecule has 0 saturated heterocycles. The van der Waals surface area contributed by atoms with E-state index in [0.29, 0.717) is 5.56 Å². The quantitative estimate of drug-likeness (QED) is 0.574. The third kappa shape index (κ3) is 4.67. The first-order valence-corrected chi connectivity index (χ1v) is 10.1. The Kier molecular flexibility index (Phi) is 6.61. The zero-order valence-corrected chi connectivity index (χ0v) is 16.8. The van der Waals surface area contributed by atoms with Crippen LogP contribution >= 0.6 is 11.3 Å². The molecular weight excluding hydrogens is 370 g/mol. The third-order valence-corrected chi connectivity index (χ3v) is 5.45. The van der Waals surface area contributed by atoms with Gasteiger partial charge < -0.3 is 10.1 Å². The van der Waals surface area contributed by atoms with Crippen molar-refractivity contribution in [3.05, 3.63) is 82.0 Å². The van der Waals surface area contributed by atoms with E-state index in [1.807, 2.05) is 23.6 Å². The summed E-state index contributed by atoms with van der Waals surface area (Å²) in [6, 6.07) is 18.7. The average molecular weight is 394 g/mol. The molecule has 28 heavy (non-hydrogen) atoms. The highest BCUT2D eigenvalue weighted by atomic mass is 32.1. The van der Waals surface area contributed by atoms with Gasteiger partial charge in [0.2, 0.25) is 0 Å². The highest BCUT2D eigenvalue weighted by Crippen LogP contribution is 2.23. The van der Waals surface area contributed by atoms with Crippen molar-refractivity contribution < 1.29 is 14.3 Å². The molecule has 0 spiro atoms. The number of hydrogen-bond donors (Lipinski definition) is 1. The van der Waals surface area contributed by atoms with Crippen LogP contribution in [0.1, 0.15) is 40.2 Å². The number of rotatable bonds is 7. The standard InChI is InChI=1S/C23H23NO3S/c1-3-5-16-7-9-17(10-8-16)18-11-13-19(14-12-18)22(25)24-21(23(26)27-2)20-6-4-15-28-20/h4,6-15,21H,3,5H2,1-2H3,(H,24,25). The Morgan fingerprint density at radius 3 is 2.18 bits per heavy atom. The fourth-order valence-electron chi connectivity index (χ4n) is 3.00. The number of carbonyl (C=O) groups excluding carboxylic acids is 2. The average Bonchev–Trinajstić information content (AvgIpc) is 3.27. The number of carbonyl (C=O) groups is 2. The Bertz CT molecular complexity index is 915. The largest absolute Gasteiger partial charge is 0.467 e. The van der Waals surface area contributed by atoms with Crippen LogP contribution in [0, 0.1) is 0 Å². The lowest BCUT2D eigenvalue weighted by Crippen LogP contribution is -2.34. The molecule has 144 valence electrons. The number of nitrogens with one attached hydrogen (secondary N) is 1. The maximum atomic E-state index is 12.6. The van der Waals surface area contributed by atoms with Gasteiger partial charge in [-0.25, -0.2) is 4.79 Å². The van der Waals surface area contributed by atoms with E-state index in [-0.39, 0.29) is 5.91 Å². The molecule has 1 atom stereocenters. The predicted molar refractivity (Wildman–Crippen MR) is 112 cm³/mol. The summed E-state index contributed by atoms with van der Waals surface area (Å²) < 4.78 is 4.83. The van der Waals surface area contributed by atoms with Gasteiger partial charge in [0.1, 0.15) is 0 Å². The Labute approximate surface area is 169 Å². The van der Waals surface area contributed by atoms with Gasteiger partial charge in [-0.2, -0.15) is 0 Å². The van der Waals surface area contributed by atoms with Crippen molar-refractivity contribution in [1.29, 1.82) is 0 Å². The number of aryl methyl sites for hydroxylation is 1. The van der Waals surface area contributed by atoms with E-state index in [9.17, 15) is 9.59 Å². The number of amides is 1. The molecule has 2 aromatic carbocycles. The summed E-state index contributed by atoms with van der Waals surface area (Å²) in [7, 11) is 1.32. The minimum Gasteiger partial charge on any atom is -0.467 e. The van der Waals surface area contributed by atoms with Crippen LogP contribution in [0.2, 0.25) is 0 Å². The lowest BCUT2D eigenvalue weighted by molar-refractivity contribution is -0.143. The molecule has 1 amide bonds. The summed E-state index contributed by atoms with van der Waals surface area (Å²) in [5.74, 6) is -0.798. The maximum absolute atomic E-state index is 12.6. The second-order valence-electron chi connectivity index (χ2n) is 6.47. The van der Waals surface area contributed by atoms with Gasteiger partial charge in [-0.1, -0.05) is 55.8 Å². The van der Waals surface area contributed by atoms with Gasteiger partial charge in [0.15, 0.2) is 6.04 Å². The van der Waals surface area contributed by atoms with Crippen molar-refractivity contribution >= 4 is 23.2 Å². The van der Waals surface area contributed by atoms with Crippen LogP contribution in [0.3, 0.4) is 0 Å². The Hall–Kier alpha value is -2.92. The molecular formula is C23H23NO3S. The number of ether oxygens (including phenoxy) is 1. The van der Waals surface area contributed by atoms with Gasteiger partial charge >= 0.3 is 5.97 Å². The molecule has 1 aromatic heterocycles. The van der Waals surface area contributed by atoms with Crippen LogP contribution in [-0.2, 0) is 16.0 Å². The molecule has 1 unspecified atom stereocenters. The number of hydrogen-bond acceptors (Lipinski definition) is 4. The normalized spacial score (nSPS) is 11.6. The topological polar surface area (TPSA) is 55.4 Å². The van der Waals surface area contributed by atoms with Crippen molar-refractivity contribution in [3.63, 3.8) is 0 Å². The van der Waals surface area contributed by atoms with E-state index < -0.39 is 12.0 Å². The second kappa shape index (κ2) is 9.33. The van der Waals surface area contributed by atoms with Crippen molar-refractivity contribution in [3.8, 4) is 11.1 Å². The summed E-state index contributed by atoms with van der Waals surface area (Å²) in [5.41, 5.74) is 3.97. The molecule has 1 N–H and O–H groups in total. The fourth-order valence-corrected chi connectivity index (χ4v) is 3.76. The molecule has 3 rings (SSSR count). The highest BCUT2D eigenvalue weighted by molar-refractivity contribution is 7.10. The molecule has 3 aromatic rings. The number of esters is 1. The Morgan fingerprint density at radius 1 is 1.00 bits per heavy atom. The second-order valence-corrected chi connectivity index (χ2v) is 7.45. The maximum Gasteiger partial charge on any atom is 0.333 e. The van der Waals surface area contributed by atoms with E-state index in [1.54, 1.807) is 18.2 Å². The molecule has 0 saturated carbocycles. The molecule has 5 heteroatoms. The van der Waals surface area contributed by atoms with E-state index in [0.717, 1.165) is 28.8 Å². The smallest absolute Gasteiger partial charge is 0.333 e. The molecule has 0 radical (unpaired) electrons. The van der Waals surface area contributed by atoms with Crippen LogP contribution in [-0.4, -0.2) is 19.0 Å². The first-order chi connectivity index (χ1) is 13.6. The van der Waals surface area contributed by atoms with Crippen molar-refractivity contribution in [1.82, 2.24) is 5.32 Å². The molecule has 0 aliphatic heterocycles. The van der Waals surface area contributed by atoms with Gasteiger partial charge in [0, 0.05) is 10.4 Å². The van der Waals surface area contributed by atoms with Gasteiger partial charge in [-0.3, -0.25) is 4.79 Å². The van der Waals surface area contributed by atoms with E-state index in [4.69, 9.17) is 4.74 Å². The summed E-state index contributed by atoms with van der Waals surface area (Å²) in [5, 5.41) is 4.62. The van der Waals surface area contributed by atoms with Crippen LogP contribution in [0.25, 0.3) is 11.1 Å². The molecule has 4 nitrogen and oxygen atoms in total. The van der Waals surface area contributed by atoms with Crippen molar-refractivity contribution in [2.24, 2.45) is 0 Å². The van der Waals surface area contributed by atoms with Crippen LogP contribution < -0.4 is 5.32 Å². The highest BCUT2D eigenvalue weighted by Gasteiger charge is 2.25. The lowest BCUT2D eigenvalue weighted by Gasteiger charge is -2.15. The summed E-state index contributed by atoms with van der Waals surface area (Å²) >= 11 is 1.40. The molecule has 1 heterocycles. The van der Waals surface area contributed by atoms with Crippen LogP contribution in [0.15, 0.2) is 66.0 Å². The Morgan fingerprint density at radius 2 is 1.64 bits per heavy atom. The molecule has 0 fully saturated rings. The third-order valence-electron chi connectivity index (χ3n) is 4.51. The monoisotopic (exact) mass is 393 g/mol. The molecule has 0 aliphatic rings. The number of thiophene rings is 1. The first kappa shape index (κ1) is 19.8. The lowest BCUT2D eigenvalue weighted by atomic mass is 10.0. The first-order valence-electron chi connectivity index (χ1n) is 9.24. The predicted octanol–water partition coefficient (Wildman–Crippen LogP) is 5.01. The molecule has 0 bridgehead atoms.